The van der Waals surface area contributed by atoms with Crippen molar-refractivity contribution in [2.45, 2.75) is 0 Å². The third kappa shape index (κ3) is 3.15. The zero-order chi connectivity index (χ0) is 17.8. The van der Waals surface area contributed by atoms with Gasteiger partial charge >= 0.3 is 0 Å². The first-order chi connectivity index (χ1) is 12.2. The van der Waals surface area contributed by atoms with Crippen LogP contribution in [0.15, 0.2) is 55.1 Å². The molecule has 0 amide bonds. The molecule has 124 valence electrons. The molecule has 1 aromatic heterocycles. The van der Waals surface area contributed by atoms with Gasteiger partial charge in [0, 0.05) is 16.3 Å². The maximum atomic E-state index is 13.7. The van der Waals surface area contributed by atoms with E-state index in [9.17, 15) is 9.65 Å². The predicted octanol–water partition coefficient (Wildman–Crippen LogP) is 4.49. The Morgan fingerprint density at radius 2 is 2.08 bits per heavy atom. The Morgan fingerprint density at radius 3 is 2.76 bits per heavy atom. The summed E-state index contributed by atoms with van der Waals surface area (Å²) in [6, 6.07) is 13.5. The monoisotopic (exact) mass is 334 g/mol. The fourth-order valence-corrected chi connectivity index (χ4v) is 2.65. The molecular weight excluding hydrogens is 319 g/mol. The Hall–Kier alpha value is -3.39. The number of hydrogen-bond acceptors (Lipinski definition) is 4. The first-order valence-corrected chi connectivity index (χ1v) is 7.59. The number of nitriles is 1. The van der Waals surface area contributed by atoms with Gasteiger partial charge < -0.3 is 9.47 Å². The van der Waals surface area contributed by atoms with Crippen molar-refractivity contribution in [3.8, 4) is 28.8 Å². The molecule has 0 atom stereocenters. The first kappa shape index (κ1) is 16.5. The highest BCUT2D eigenvalue weighted by Gasteiger charge is 2.17. The molecule has 1 heterocycles. The Bertz CT molecular complexity index is 993. The normalized spacial score (nSPS) is 10.3. The lowest BCUT2D eigenvalue weighted by Crippen LogP contribution is -2.01. The number of halogens is 1. The van der Waals surface area contributed by atoms with Crippen molar-refractivity contribution in [2.24, 2.45) is 0 Å². The number of fused-ring (bicyclic) bond motifs is 1. The number of hydrogen-bond donors (Lipinski definition) is 0. The van der Waals surface area contributed by atoms with Crippen molar-refractivity contribution in [1.82, 2.24) is 4.98 Å². The van der Waals surface area contributed by atoms with Crippen LogP contribution in [0.2, 0.25) is 0 Å². The largest absolute Gasteiger partial charge is 0.497 e. The summed E-state index contributed by atoms with van der Waals surface area (Å²) >= 11 is 0. The second-order valence-corrected chi connectivity index (χ2v) is 5.27. The Balaban J connectivity index is 2.38. The van der Waals surface area contributed by atoms with Crippen LogP contribution in [0.1, 0.15) is 5.69 Å². The summed E-state index contributed by atoms with van der Waals surface area (Å²) in [5.41, 5.74) is 1.27. The third-order valence-electron chi connectivity index (χ3n) is 3.73. The first-order valence-electron chi connectivity index (χ1n) is 7.59. The van der Waals surface area contributed by atoms with Gasteiger partial charge in [-0.15, -0.1) is 0 Å². The van der Waals surface area contributed by atoms with Crippen LogP contribution in [0.3, 0.4) is 0 Å². The molecule has 2 aromatic carbocycles. The third-order valence-corrected chi connectivity index (χ3v) is 3.73. The molecule has 25 heavy (non-hydrogen) atoms. The van der Waals surface area contributed by atoms with Crippen LogP contribution in [0.25, 0.3) is 21.9 Å². The van der Waals surface area contributed by atoms with Gasteiger partial charge in [-0.1, -0.05) is 24.8 Å². The van der Waals surface area contributed by atoms with Gasteiger partial charge in [-0.25, -0.2) is 9.37 Å². The lowest BCUT2D eigenvalue weighted by molar-refractivity contribution is 0.353. The van der Waals surface area contributed by atoms with Gasteiger partial charge in [0.2, 0.25) is 5.88 Å². The minimum atomic E-state index is -0.385. The Morgan fingerprint density at radius 1 is 1.24 bits per heavy atom. The smallest absolute Gasteiger partial charge is 0.222 e. The van der Waals surface area contributed by atoms with Gasteiger partial charge in [-0.05, 0) is 35.9 Å². The summed E-state index contributed by atoms with van der Waals surface area (Å²) in [6.45, 7) is 3.88. The summed E-state index contributed by atoms with van der Waals surface area (Å²) in [7, 11) is 1.56. The minimum absolute atomic E-state index is 0.158. The molecule has 0 aliphatic rings. The lowest BCUT2D eigenvalue weighted by atomic mass is 9.97. The molecule has 0 aliphatic heterocycles. The molecule has 3 rings (SSSR count). The molecule has 0 bridgehead atoms. The second kappa shape index (κ2) is 7.02. The van der Waals surface area contributed by atoms with Crippen molar-refractivity contribution < 1.29 is 13.9 Å². The number of pyridine rings is 1. The number of methoxy groups -OCH3 is 1. The van der Waals surface area contributed by atoms with Gasteiger partial charge in [0.1, 0.15) is 24.2 Å². The molecule has 0 spiro atoms. The van der Waals surface area contributed by atoms with E-state index in [2.05, 4.69) is 17.6 Å². The highest BCUT2D eigenvalue weighted by molar-refractivity contribution is 6.01. The van der Waals surface area contributed by atoms with Crippen LogP contribution in [0.5, 0.6) is 11.6 Å². The number of benzene rings is 2. The van der Waals surface area contributed by atoms with Crippen molar-refractivity contribution in [1.29, 1.82) is 5.26 Å². The molecule has 3 aromatic rings. The van der Waals surface area contributed by atoms with Crippen molar-refractivity contribution in [2.75, 3.05) is 13.7 Å². The van der Waals surface area contributed by atoms with E-state index in [4.69, 9.17) is 9.47 Å². The molecule has 0 radical (unpaired) electrons. The van der Waals surface area contributed by atoms with E-state index in [1.54, 1.807) is 37.5 Å². The van der Waals surface area contributed by atoms with E-state index in [0.29, 0.717) is 33.5 Å². The molecule has 0 N–H and O–H groups in total. The van der Waals surface area contributed by atoms with Gasteiger partial charge in [0.05, 0.1) is 7.11 Å². The highest BCUT2D eigenvalue weighted by Crippen LogP contribution is 2.37. The van der Waals surface area contributed by atoms with Crippen LogP contribution < -0.4 is 9.47 Å². The second-order valence-electron chi connectivity index (χ2n) is 5.27. The van der Waals surface area contributed by atoms with E-state index >= 15 is 0 Å². The number of nitrogens with zero attached hydrogens (tertiary/aromatic N) is 2. The zero-order valence-corrected chi connectivity index (χ0v) is 13.6. The molecular formula is C20H15FN2O2. The molecule has 0 fully saturated rings. The van der Waals surface area contributed by atoms with Crippen molar-refractivity contribution >= 4 is 10.8 Å². The summed E-state index contributed by atoms with van der Waals surface area (Å²) in [5, 5.41) is 11.0. The van der Waals surface area contributed by atoms with E-state index in [0.717, 1.165) is 0 Å². The topological polar surface area (TPSA) is 55.1 Å². The van der Waals surface area contributed by atoms with E-state index in [1.165, 1.54) is 12.1 Å². The molecule has 0 unspecified atom stereocenters. The fourth-order valence-electron chi connectivity index (χ4n) is 2.65. The summed E-state index contributed by atoms with van der Waals surface area (Å²) in [6.07, 6.45) is 1.60. The van der Waals surface area contributed by atoms with E-state index < -0.39 is 0 Å². The van der Waals surface area contributed by atoms with Gasteiger partial charge in [-0.3, -0.25) is 0 Å². The van der Waals surface area contributed by atoms with Crippen molar-refractivity contribution in [3.05, 3.63) is 66.6 Å². The zero-order valence-electron chi connectivity index (χ0n) is 13.6. The van der Waals surface area contributed by atoms with Gasteiger partial charge in [-0.2, -0.15) is 5.26 Å². The lowest BCUT2D eigenvalue weighted by Gasteiger charge is -2.14. The van der Waals surface area contributed by atoms with Gasteiger partial charge in [0.15, 0.2) is 5.69 Å². The van der Waals surface area contributed by atoms with Crippen LogP contribution in [0.4, 0.5) is 4.39 Å². The fraction of sp³-hybridized carbons (Fsp3) is 0.100. The SMILES string of the molecule is C=CCOc1nc(C#N)c(-c2cccc(F)c2)c2cc(OC)ccc12. The van der Waals surface area contributed by atoms with Crippen LogP contribution in [-0.4, -0.2) is 18.7 Å². The molecule has 0 aliphatic carbocycles. The minimum Gasteiger partial charge on any atom is -0.497 e. The summed E-state index contributed by atoms with van der Waals surface area (Å²) < 4.78 is 24.6. The summed E-state index contributed by atoms with van der Waals surface area (Å²) in [5.74, 6) is 0.564. The maximum absolute atomic E-state index is 13.7. The van der Waals surface area contributed by atoms with Crippen molar-refractivity contribution in [3.63, 3.8) is 0 Å². The number of ether oxygens (including phenoxy) is 2. The molecule has 4 nitrogen and oxygen atoms in total. The highest BCUT2D eigenvalue weighted by atomic mass is 19.1. The van der Waals surface area contributed by atoms with E-state index in [-0.39, 0.29) is 18.1 Å². The number of rotatable bonds is 5. The van der Waals surface area contributed by atoms with Crippen LogP contribution in [-0.2, 0) is 0 Å². The average Bonchev–Trinajstić information content (AvgIpc) is 2.64. The Kier molecular flexibility index (Phi) is 4.62. The maximum Gasteiger partial charge on any atom is 0.222 e. The number of aromatic nitrogens is 1. The summed E-state index contributed by atoms with van der Waals surface area (Å²) in [4.78, 5) is 4.32. The van der Waals surface area contributed by atoms with Crippen LogP contribution >= 0.6 is 0 Å². The van der Waals surface area contributed by atoms with Gasteiger partial charge in [0.25, 0.3) is 0 Å². The molecule has 0 saturated carbocycles. The molecule has 5 heteroatoms. The van der Waals surface area contributed by atoms with E-state index in [1.807, 2.05) is 6.07 Å². The molecule has 0 saturated heterocycles. The average molecular weight is 334 g/mol. The van der Waals surface area contributed by atoms with Crippen LogP contribution in [0, 0.1) is 17.1 Å². The standard InChI is InChI=1S/C20H15FN2O2/c1-3-9-25-20-16-8-7-15(24-2)11-17(16)19(18(12-22)23-20)13-5-4-6-14(21)10-13/h3-8,10-11H,1,9H2,2H3. The predicted molar refractivity (Wildman–Crippen MR) is 94.1 cm³/mol. The quantitative estimate of drug-likeness (QED) is 0.645. The Labute approximate surface area is 144 Å².